The summed E-state index contributed by atoms with van der Waals surface area (Å²) in [5, 5.41) is 16.2. The zero-order valence-corrected chi connectivity index (χ0v) is 16.7. The van der Waals surface area contributed by atoms with Crippen LogP contribution in [0.15, 0.2) is 92.7 Å². The van der Waals surface area contributed by atoms with Crippen LogP contribution < -0.4 is 5.56 Å². The Balaban J connectivity index is 1.64. The molecule has 0 fully saturated rings. The van der Waals surface area contributed by atoms with E-state index in [0.717, 1.165) is 15.1 Å². The van der Waals surface area contributed by atoms with Gasteiger partial charge in [-0.2, -0.15) is 9.78 Å². The third kappa shape index (κ3) is 4.13. The van der Waals surface area contributed by atoms with Gasteiger partial charge in [0.25, 0.3) is 11.2 Å². The van der Waals surface area contributed by atoms with Crippen LogP contribution in [0.5, 0.6) is 0 Å². The number of para-hydroxylation sites is 1. The Morgan fingerprint density at radius 2 is 1.87 bits per heavy atom. The number of benzene rings is 3. The number of fused-ring (bicyclic) bond motifs is 1. The van der Waals surface area contributed by atoms with Crippen molar-refractivity contribution in [3.63, 3.8) is 0 Å². The number of hydrogen-bond donors (Lipinski definition) is 0. The number of hydrogen-bond acceptors (Lipinski definition) is 6. The number of aryl methyl sites for hydroxylation is 1. The predicted octanol–water partition coefficient (Wildman–Crippen LogP) is 4.65. The monoisotopic (exact) mass is 416 g/mol. The quantitative estimate of drug-likeness (QED) is 0.268. The summed E-state index contributed by atoms with van der Waals surface area (Å²) < 4.78 is 1.11. The Labute approximate surface area is 175 Å². The third-order valence-corrected chi connectivity index (χ3v) is 5.48. The maximum Gasteiger partial charge on any atom is 0.283 e. The van der Waals surface area contributed by atoms with E-state index in [4.69, 9.17) is 0 Å². The van der Waals surface area contributed by atoms with Crippen molar-refractivity contribution in [1.29, 1.82) is 0 Å². The summed E-state index contributed by atoms with van der Waals surface area (Å²) in [5.41, 5.74) is 1.89. The van der Waals surface area contributed by atoms with Crippen LogP contribution in [0.1, 0.15) is 11.1 Å². The van der Waals surface area contributed by atoms with Crippen LogP contribution in [0.25, 0.3) is 10.9 Å². The number of nitro benzene ring substituents is 1. The van der Waals surface area contributed by atoms with Gasteiger partial charge in [0.2, 0.25) is 0 Å². The second-order valence-electron chi connectivity index (χ2n) is 6.56. The largest absolute Gasteiger partial charge is 0.283 e. The molecule has 8 heteroatoms. The highest BCUT2D eigenvalue weighted by Gasteiger charge is 2.15. The van der Waals surface area contributed by atoms with Gasteiger partial charge in [-0.3, -0.25) is 14.9 Å². The lowest BCUT2D eigenvalue weighted by Crippen LogP contribution is -2.16. The van der Waals surface area contributed by atoms with Gasteiger partial charge in [0.15, 0.2) is 0 Å². The zero-order chi connectivity index (χ0) is 21.1. The maximum absolute atomic E-state index is 12.5. The molecular weight excluding hydrogens is 400 g/mol. The van der Waals surface area contributed by atoms with Gasteiger partial charge in [0.1, 0.15) is 6.33 Å². The molecule has 0 atom stereocenters. The molecular formula is C22H16N4O3S. The number of nitro groups is 1. The summed E-state index contributed by atoms with van der Waals surface area (Å²) in [7, 11) is 0. The van der Waals surface area contributed by atoms with Gasteiger partial charge in [-0.25, -0.2) is 4.98 Å². The first-order chi connectivity index (χ1) is 14.5. The average molecular weight is 416 g/mol. The molecule has 1 heterocycles. The lowest BCUT2D eigenvalue weighted by molar-refractivity contribution is -0.387. The van der Waals surface area contributed by atoms with E-state index in [0.29, 0.717) is 21.4 Å². The van der Waals surface area contributed by atoms with Gasteiger partial charge in [0.05, 0.1) is 26.9 Å². The van der Waals surface area contributed by atoms with Crippen molar-refractivity contribution in [2.75, 3.05) is 0 Å². The molecule has 0 aliphatic heterocycles. The first kappa shape index (κ1) is 19.5. The van der Waals surface area contributed by atoms with E-state index >= 15 is 0 Å². The van der Waals surface area contributed by atoms with Crippen molar-refractivity contribution in [2.45, 2.75) is 16.7 Å². The van der Waals surface area contributed by atoms with Crippen LogP contribution >= 0.6 is 11.8 Å². The van der Waals surface area contributed by atoms with Crippen molar-refractivity contribution in [1.82, 2.24) is 9.66 Å². The second-order valence-corrected chi connectivity index (χ2v) is 7.67. The molecule has 4 aromatic rings. The van der Waals surface area contributed by atoms with Gasteiger partial charge in [0, 0.05) is 16.5 Å². The SMILES string of the molecule is Cc1ccc(Sc2ccc(/C=N\n3cnc4ccccc4c3=O)cc2[N+](=O)[O-])cc1. The van der Waals surface area contributed by atoms with Crippen LogP contribution in [-0.2, 0) is 0 Å². The maximum atomic E-state index is 12.5. The summed E-state index contributed by atoms with van der Waals surface area (Å²) in [4.78, 5) is 29.3. The third-order valence-electron chi connectivity index (χ3n) is 4.41. The Kier molecular flexibility index (Phi) is 5.40. The molecule has 0 bridgehead atoms. The van der Waals surface area contributed by atoms with E-state index in [1.807, 2.05) is 31.2 Å². The molecule has 0 radical (unpaired) electrons. The number of rotatable bonds is 5. The van der Waals surface area contributed by atoms with Crippen molar-refractivity contribution >= 4 is 34.6 Å². The van der Waals surface area contributed by atoms with Gasteiger partial charge >= 0.3 is 0 Å². The van der Waals surface area contributed by atoms with Gasteiger partial charge < -0.3 is 0 Å². The lowest BCUT2D eigenvalue weighted by atomic mass is 10.2. The van der Waals surface area contributed by atoms with Crippen molar-refractivity contribution in [2.24, 2.45) is 5.10 Å². The molecule has 30 heavy (non-hydrogen) atoms. The molecule has 0 amide bonds. The van der Waals surface area contributed by atoms with Gasteiger partial charge in [-0.1, -0.05) is 47.7 Å². The molecule has 0 aliphatic rings. The van der Waals surface area contributed by atoms with Crippen LogP contribution in [0, 0.1) is 17.0 Å². The fourth-order valence-corrected chi connectivity index (χ4v) is 3.75. The molecule has 7 nitrogen and oxygen atoms in total. The van der Waals surface area contributed by atoms with E-state index in [1.54, 1.807) is 36.4 Å². The summed E-state index contributed by atoms with van der Waals surface area (Å²) >= 11 is 1.33. The molecule has 3 aromatic carbocycles. The predicted molar refractivity (Wildman–Crippen MR) is 117 cm³/mol. The van der Waals surface area contributed by atoms with E-state index in [9.17, 15) is 14.9 Å². The van der Waals surface area contributed by atoms with Crippen LogP contribution in [0.4, 0.5) is 5.69 Å². The minimum Gasteiger partial charge on any atom is -0.267 e. The first-order valence-electron chi connectivity index (χ1n) is 9.05. The Bertz CT molecular complexity index is 1330. The fourth-order valence-electron chi connectivity index (χ4n) is 2.85. The highest BCUT2D eigenvalue weighted by molar-refractivity contribution is 7.99. The minimum atomic E-state index is -0.419. The zero-order valence-electron chi connectivity index (χ0n) is 15.9. The Hall–Kier alpha value is -3.78. The Morgan fingerprint density at radius 1 is 1.10 bits per heavy atom. The molecule has 0 N–H and O–H groups in total. The van der Waals surface area contributed by atoms with E-state index < -0.39 is 4.92 Å². The van der Waals surface area contributed by atoms with E-state index in [-0.39, 0.29) is 11.2 Å². The molecule has 1 aromatic heterocycles. The summed E-state index contributed by atoms with van der Waals surface area (Å²) in [6, 6.07) is 19.6. The summed E-state index contributed by atoms with van der Waals surface area (Å²) in [5.74, 6) is 0. The molecule has 0 saturated heterocycles. The highest BCUT2D eigenvalue weighted by atomic mass is 32.2. The highest BCUT2D eigenvalue weighted by Crippen LogP contribution is 2.35. The van der Waals surface area contributed by atoms with Crippen molar-refractivity contribution in [3.05, 3.63) is 105 Å². The smallest absolute Gasteiger partial charge is 0.267 e. The van der Waals surface area contributed by atoms with Crippen molar-refractivity contribution in [3.8, 4) is 0 Å². The van der Waals surface area contributed by atoms with Crippen LogP contribution in [0.2, 0.25) is 0 Å². The number of nitrogens with zero attached hydrogens (tertiary/aromatic N) is 4. The Morgan fingerprint density at radius 3 is 2.63 bits per heavy atom. The van der Waals surface area contributed by atoms with Crippen LogP contribution in [-0.4, -0.2) is 20.8 Å². The molecule has 0 unspecified atom stereocenters. The first-order valence-corrected chi connectivity index (χ1v) is 9.86. The summed E-state index contributed by atoms with van der Waals surface area (Å²) in [6.07, 6.45) is 2.74. The summed E-state index contributed by atoms with van der Waals surface area (Å²) in [6.45, 7) is 1.99. The van der Waals surface area contributed by atoms with Crippen molar-refractivity contribution < 1.29 is 4.92 Å². The lowest BCUT2D eigenvalue weighted by Gasteiger charge is -2.05. The van der Waals surface area contributed by atoms with Gasteiger partial charge in [-0.15, -0.1) is 0 Å². The van der Waals surface area contributed by atoms with E-state index in [2.05, 4.69) is 10.1 Å². The molecule has 0 spiro atoms. The number of aromatic nitrogens is 2. The molecule has 0 saturated carbocycles. The average Bonchev–Trinajstić information content (AvgIpc) is 2.75. The normalized spacial score (nSPS) is 11.2. The van der Waals surface area contributed by atoms with Crippen LogP contribution in [0.3, 0.4) is 0 Å². The molecule has 0 aliphatic carbocycles. The molecule has 148 valence electrons. The molecule has 4 rings (SSSR count). The standard InChI is InChI=1S/C22H16N4O3S/c1-15-6-9-17(10-7-15)30-21-11-8-16(12-20(21)26(28)29)13-24-25-14-23-19-5-3-2-4-18(19)22(25)27/h2-14H,1H3/b24-13-. The second kappa shape index (κ2) is 8.30. The van der Waals surface area contributed by atoms with Gasteiger partial charge in [-0.05, 0) is 37.3 Å². The topological polar surface area (TPSA) is 90.4 Å². The minimum absolute atomic E-state index is 0.0199. The van der Waals surface area contributed by atoms with E-state index in [1.165, 1.54) is 30.4 Å². The fraction of sp³-hybridized carbons (Fsp3) is 0.0455.